The smallest absolute Gasteiger partial charge is 0.275 e. The average molecular weight is 1850 g/mol. The molecule has 1 saturated carbocycles. The number of likely N-dealkylation sites (tertiary alicyclic amines) is 1. The Bertz CT molecular complexity index is 6310. The maximum absolute atomic E-state index is 14.8. The summed E-state index contributed by atoms with van der Waals surface area (Å²) < 4.78 is 169. The minimum atomic E-state index is -2.93. The van der Waals surface area contributed by atoms with Gasteiger partial charge in [0.25, 0.3) is 42.4 Å². The first-order chi connectivity index (χ1) is 63.7. The molecule has 2 aliphatic carbocycles. The number of aliphatic hydroxyl groups is 1. The quantitative estimate of drug-likeness (QED) is 0.0352. The molecule has 5 fully saturated rings. The third-order valence-electron chi connectivity index (χ3n) is 25.3. The number of aryl methyl sites for hydroxylation is 6. The Morgan fingerprint density at radius 2 is 0.722 bits per heavy atom. The van der Waals surface area contributed by atoms with Crippen LogP contribution in [-0.2, 0) is 45.4 Å². The highest BCUT2D eigenvalue weighted by Crippen LogP contribution is 2.40. The average Bonchev–Trinajstić information content (AvgIpc) is 1.08. The zero-order valence-electron chi connectivity index (χ0n) is 75.9. The van der Waals surface area contributed by atoms with E-state index in [0.717, 1.165) is 154 Å². The first kappa shape index (κ1) is 96.8. The molecule has 4 atom stereocenters. The van der Waals surface area contributed by atoms with E-state index in [4.69, 9.17) is 0 Å². The van der Waals surface area contributed by atoms with Crippen molar-refractivity contribution in [1.82, 2.24) is 63.4 Å². The van der Waals surface area contributed by atoms with Gasteiger partial charge in [0.1, 0.15) is 105 Å². The van der Waals surface area contributed by atoms with Crippen LogP contribution in [0, 0.1) is 37.1 Å². The number of nitrogens with zero attached hydrogens (tertiary/aromatic N) is 16. The molecule has 37 heteroatoms. The number of aromatic nitrogens is 11. The number of Topliss-reactive ketones (excluding diaryl/α,β-unsaturated/α-hetero) is 1. The second-order valence-corrected chi connectivity index (χ2v) is 34.6. The van der Waals surface area contributed by atoms with Crippen LogP contribution in [0.5, 0.6) is 0 Å². The van der Waals surface area contributed by atoms with Crippen molar-refractivity contribution in [2.45, 2.75) is 201 Å². The van der Waals surface area contributed by atoms with Gasteiger partial charge in [-0.1, -0.05) is 79.7 Å². The van der Waals surface area contributed by atoms with E-state index in [9.17, 15) is 77.0 Å². The normalized spacial score (nSPS) is 16.4. The zero-order chi connectivity index (χ0) is 95.1. The van der Waals surface area contributed by atoms with E-state index in [1.165, 1.54) is 75.1 Å². The molecule has 7 aromatic heterocycles. The lowest BCUT2D eigenvalue weighted by Gasteiger charge is -2.36. The minimum Gasteiger partial charge on any atom is -0.388 e. The predicted molar refractivity (Wildman–Crippen MR) is 490 cm³/mol. The van der Waals surface area contributed by atoms with Crippen LogP contribution in [0.3, 0.4) is 0 Å². The number of piperazine rings is 1. The lowest BCUT2D eigenvalue weighted by atomic mass is 9.96. The van der Waals surface area contributed by atoms with Crippen LogP contribution in [0.4, 0.5) is 93.0 Å². The number of carbonyl (C=O) groups is 1. The summed E-state index contributed by atoms with van der Waals surface area (Å²) in [5.74, 6) is -0.517. The molecule has 11 heterocycles. The molecule has 0 radical (unpaired) electrons. The number of benzene rings is 4. The van der Waals surface area contributed by atoms with Crippen LogP contribution in [0.1, 0.15) is 241 Å². The van der Waals surface area contributed by atoms with Crippen LogP contribution in [0.15, 0.2) is 111 Å². The highest BCUT2D eigenvalue weighted by atomic mass is 19.3. The van der Waals surface area contributed by atoms with E-state index >= 15 is 0 Å². The van der Waals surface area contributed by atoms with Gasteiger partial charge in [0.2, 0.25) is 0 Å². The maximum atomic E-state index is 14.8. The number of anilines is 7. The fraction of sp³-hybridized carbons (Fsp3) is 0.458. The van der Waals surface area contributed by atoms with Gasteiger partial charge in [-0.25, -0.2) is 92.6 Å². The van der Waals surface area contributed by atoms with Gasteiger partial charge in [0, 0.05) is 127 Å². The number of nitrogens with one attached hydrogen (secondary N) is 4. The van der Waals surface area contributed by atoms with Gasteiger partial charge in [0.05, 0.1) is 80.4 Å². The second-order valence-electron chi connectivity index (χ2n) is 34.6. The number of hydrogen-bond donors (Lipinski definition) is 5. The molecule has 5 N–H and O–H groups in total. The van der Waals surface area contributed by atoms with Gasteiger partial charge in [-0.2, -0.15) is 0 Å². The fourth-order valence-electron chi connectivity index (χ4n) is 17.9. The number of rotatable bonds is 24. The Kier molecular flexibility index (Phi) is 30.8. The summed E-state index contributed by atoms with van der Waals surface area (Å²) in [7, 11) is 4.98. The molecule has 4 aromatic carbocycles. The molecule has 0 unspecified atom stereocenters. The molecular weight excluding hydrogens is 1740 g/mol. The van der Waals surface area contributed by atoms with Gasteiger partial charge in [-0.3, -0.25) is 37.8 Å². The number of hydrogen-bond acceptors (Lipinski definition) is 22. The van der Waals surface area contributed by atoms with Crippen LogP contribution >= 0.6 is 0 Å². The molecule has 133 heavy (non-hydrogen) atoms. The first-order valence-corrected chi connectivity index (χ1v) is 45.2. The minimum absolute atomic E-state index is 0.0298. The van der Waals surface area contributed by atoms with Gasteiger partial charge in [-0.05, 0) is 143 Å². The first-order valence-electron chi connectivity index (χ1n) is 45.2. The summed E-state index contributed by atoms with van der Waals surface area (Å²) in [4.78, 5) is 98.9. The topological polar surface area (TPSA) is 271 Å². The Morgan fingerprint density at radius 1 is 0.398 bits per heavy atom. The van der Waals surface area contributed by atoms with E-state index in [2.05, 4.69) is 80.7 Å². The number of alkyl halides is 8. The Morgan fingerprint density at radius 3 is 1.09 bits per heavy atom. The summed E-state index contributed by atoms with van der Waals surface area (Å²) in [6.07, 6.45) is 3.82. The zero-order valence-corrected chi connectivity index (χ0v) is 75.9. The molecule has 6 aliphatic rings. The van der Waals surface area contributed by atoms with Crippen LogP contribution in [0.2, 0.25) is 0 Å². The molecule has 4 aliphatic heterocycles. The van der Waals surface area contributed by atoms with E-state index in [0.29, 0.717) is 115 Å². The van der Waals surface area contributed by atoms with Crippen molar-refractivity contribution >= 4 is 85.3 Å². The van der Waals surface area contributed by atoms with Crippen LogP contribution in [0.25, 0.3) is 39.2 Å². The number of pyridine rings is 3. The summed E-state index contributed by atoms with van der Waals surface area (Å²) in [5.41, 5.74) is 2.35. The highest BCUT2D eigenvalue weighted by Gasteiger charge is 2.35. The fourth-order valence-corrected chi connectivity index (χ4v) is 17.9. The number of piperidine rings is 3. The monoisotopic (exact) mass is 1850 g/mol. The Balaban J connectivity index is 0.000000143. The molecule has 25 nitrogen and oxygen atoms in total. The lowest BCUT2D eigenvalue weighted by molar-refractivity contribution is -0.116. The second kappa shape index (κ2) is 42.3. The predicted octanol–water partition coefficient (Wildman–Crippen LogP) is 18.7. The summed E-state index contributed by atoms with van der Waals surface area (Å²) in [5, 5.41) is 24.1. The molecule has 17 rings (SSSR count). The number of ketones is 1. The number of allylic oxidation sites excluding steroid dienone is 1. The summed E-state index contributed by atoms with van der Waals surface area (Å²) in [6, 6.07) is 19.3. The molecule has 0 bridgehead atoms. The Hall–Kier alpha value is -12.3. The van der Waals surface area contributed by atoms with Crippen molar-refractivity contribution in [3.05, 3.63) is 230 Å². The van der Waals surface area contributed by atoms with Crippen molar-refractivity contribution in [2.24, 2.45) is 21.1 Å². The van der Waals surface area contributed by atoms with Crippen molar-refractivity contribution in [3.63, 3.8) is 0 Å². The van der Waals surface area contributed by atoms with Gasteiger partial charge in [0.15, 0.2) is 11.6 Å². The van der Waals surface area contributed by atoms with Crippen molar-refractivity contribution in [2.75, 3.05) is 101 Å². The Labute approximate surface area is 761 Å². The van der Waals surface area contributed by atoms with E-state index in [-0.39, 0.29) is 62.8 Å². The molecular formula is C96H110F12N20O5. The number of aliphatic hydroxyl groups excluding tert-OH is 1. The third kappa shape index (κ3) is 21.5. The number of fused-ring (bicyclic) bond motifs is 4. The number of halogens is 12. The van der Waals surface area contributed by atoms with Gasteiger partial charge >= 0.3 is 0 Å². The van der Waals surface area contributed by atoms with E-state index < -0.39 is 102 Å². The SMILES string of the molecule is CCCc1nc(N[C@H](C)c2cccc(C(F)F)c2F)c2cc(N3CCCCC3)c(=O)n(C)c2n1.C[C@@H](Nc1nc(CO)nc2c1cc(N1CCCCC1)c(=O)n2C)c1cccc(C(F)F)c1F.Cc1nc(N[C@H](C)c2cccc(C(F)F)c2F)c2cc(N3CCN(C4CC4)CC3)c(=O)n(C)c2n1.Cc1nc2c(c(N[C@H](C)c3cccc(C(F)F)c3F)n1)C=C(N1CCCCC1)C(=O)C2. The van der Waals surface area contributed by atoms with E-state index in [1.54, 1.807) is 80.9 Å². The highest BCUT2D eigenvalue weighted by molar-refractivity contribution is 6.04. The van der Waals surface area contributed by atoms with Crippen LogP contribution < -0.4 is 52.6 Å². The molecule has 11 aromatic rings. The van der Waals surface area contributed by atoms with Crippen molar-refractivity contribution < 1.29 is 62.6 Å². The molecule has 708 valence electrons. The largest absolute Gasteiger partial charge is 0.388 e. The summed E-state index contributed by atoms with van der Waals surface area (Å²) in [6.45, 7) is 19.9. The maximum Gasteiger partial charge on any atom is 0.275 e. The molecule has 0 amide bonds. The molecule has 4 saturated heterocycles. The van der Waals surface area contributed by atoms with Gasteiger partial charge in [-0.15, -0.1) is 0 Å². The number of carbonyl (C=O) groups excluding carboxylic acids is 1. The summed E-state index contributed by atoms with van der Waals surface area (Å²) >= 11 is 0. The van der Waals surface area contributed by atoms with Crippen molar-refractivity contribution in [1.29, 1.82) is 0 Å². The third-order valence-corrected chi connectivity index (χ3v) is 25.3. The van der Waals surface area contributed by atoms with Gasteiger partial charge < -0.3 is 46.0 Å². The lowest BCUT2D eigenvalue weighted by Crippen LogP contribution is -2.48. The molecule has 0 spiro atoms. The van der Waals surface area contributed by atoms with E-state index in [1.807, 2.05) is 17.9 Å². The van der Waals surface area contributed by atoms with Crippen molar-refractivity contribution in [3.8, 4) is 0 Å². The van der Waals surface area contributed by atoms with Crippen LogP contribution in [-0.4, -0.2) is 146 Å². The standard InChI is InChI=1S/C25H29F3N6O.C25H30F3N5O.C23H26F3N5O2.C23H25F3N4O/c1-14(17-5-4-6-18(21(17)26)22(27)28)29-23-19-13-20(25(35)32(3)24(19)31-15(2)30-23)34-11-9-33(10-12-34)16-7-8-16;1-4-9-20-30-23(29-15(2)16-10-8-11-17(21(16)26)22(27)28)18-14-19(33-12-6-5-7-13-33)25(34)32(3)24(18)31-20;1-13(14-7-6-8-15(19(14)24)20(25)26)27-21-16-11-17(31-9-4-3-5-10-31)23(33)30(2)22(16)29-18(12-32)28-21;1-13(15-7-6-8-16(21(15)24)22(25)26)27-23-17-11-19(30-9-4-3-5-10-30)20(31)12-18(17)28-14(2)29-23/h4-6,13-14,16,22H,7-12H2,1-3H3,(H,29,30,31);8,10-11,14-15,22H,4-7,9,12-13H2,1-3H3,(H,29,30,31);6-8,11,13,20,32H,3-5,9-10,12H2,1-2H3,(H,27,28,29);6-8,11,13,22H,3-5,9-10,12H2,1-2H3,(H,27,28,29)/t14-;15-;2*13-/m1111/s1.